The van der Waals surface area contributed by atoms with Gasteiger partial charge in [0.25, 0.3) is 5.91 Å². The van der Waals surface area contributed by atoms with Gasteiger partial charge in [-0.25, -0.2) is 4.39 Å². The molecule has 0 spiro atoms. The van der Waals surface area contributed by atoms with Gasteiger partial charge in [0.05, 0.1) is 33.4 Å². The zero-order valence-corrected chi connectivity index (χ0v) is 17.5. The van der Waals surface area contributed by atoms with Crippen LogP contribution >= 0.6 is 27.5 Å². The molecule has 0 aliphatic heterocycles. The molecule has 0 fully saturated rings. The molecule has 5 nitrogen and oxygen atoms in total. The highest BCUT2D eigenvalue weighted by atomic mass is 79.9. The smallest absolute Gasteiger partial charge is 0.255 e. The number of methoxy groups -OCH3 is 1. The predicted molar refractivity (Wildman–Crippen MR) is 111 cm³/mol. The number of aromatic nitrogens is 1. The van der Waals surface area contributed by atoms with Crippen LogP contribution in [0.1, 0.15) is 21.5 Å². The molecular formula is C21H14BrClFN3O2. The molecule has 1 N–H and O–H groups in total. The lowest BCUT2D eigenvalue weighted by Gasteiger charge is -2.10. The van der Waals surface area contributed by atoms with E-state index < -0.39 is 11.7 Å². The molecule has 0 aliphatic carbocycles. The molecule has 0 atom stereocenters. The number of nitrogens with one attached hydrogen (secondary N) is 1. The molecule has 146 valence electrons. The Morgan fingerprint density at radius 1 is 1.31 bits per heavy atom. The van der Waals surface area contributed by atoms with Gasteiger partial charge in [-0.2, -0.15) is 5.26 Å². The molecule has 1 amide bonds. The van der Waals surface area contributed by atoms with Crippen LogP contribution in [0.25, 0.3) is 11.3 Å². The Kier molecular flexibility index (Phi) is 6.47. The summed E-state index contributed by atoms with van der Waals surface area (Å²) in [4.78, 5) is 16.6. The predicted octanol–water partition coefficient (Wildman–Crippen LogP) is 5.11. The van der Waals surface area contributed by atoms with Crippen molar-refractivity contribution in [2.24, 2.45) is 0 Å². The van der Waals surface area contributed by atoms with Crippen molar-refractivity contribution < 1.29 is 13.9 Å². The molecule has 3 aromatic rings. The van der Waals surface area contributed by atoms with E-state index in [-0.39, 0.29) is 17.7 Å². The number of hydrogen-bond acceptors (Lipinski definition) is 4. The number of amides is 1. The topological polar surface area (TPSA) is 75.0 Å². The van der Waals surface area contributed by atoms with E-state index in [1.54, 1.807) is 30.5 Å². The minimum Gasteiger partial charge on any atom is -0.496 e. The third-order valence-electron chi connectivity index (χ3n) is 4.17. The van der Waals surface area contributed by atoms with E-state index in [1.807, 2.05) is 0 Å². The van der Waals surface area contributed by atoms with Gasteiger partial charge in [-0.05, 0) is 39.7 Å². The van der Waals surface area contributed by atoms with Gasteiger partial charge in [0.2, 0.25) is 0 Å². The monoisotopic (exact) mass is 473 g/mol. The van der Waals surface area contributed by atoms with Crippen LogP contribution in [0, 0.1) is 17.1 Å². The lowest BCUT2D eigenvalue weighted by Crippen LogP contribution is -2.23. The summed E-state index contributed by atoms with van der Waals surface area (Å²) in [6.45, 7) is 0.235. The summed E-state index contributed by atoms with van der Waals surface area (Å²) in [5, 5.41) is 12.4. The summed E-state index contributed by atoms with van der Waals surface area (Å²) >= 11 is 9.42. The van der Waals surface area contributed by atoms with Gasteiger partial charge in [0.15, 0.2) is 0 Å². The highest BCUT2D eigenvalue weighted by Gasteiger charge is 2.15. The van der Waals surface area contributed by atoms with E-state index in [1.165, 1.54) is 19.2 Å². The first kappa shape index (κ1) is 20.8. The van der Waals surface area contributed by atoms with E-state index >= 15 is 0 Å². The number of nitrogens with zero attached hydrogens (tertiary/aromatic N) is 2. The van der Waals surface area contributed by atoms with Gasteiger partial charge in [0, 0.05) is 18.3 Å². The second-order valence-corrected chi connectivity index (χ2v) is 7.21. The Morgan fingerprint density at radius 3 is 2.69 bits per heavy atom. The van der Waals surface area contributed by atoms with Gasteiger partial charge in [0.1, 0.15) is 17.6 Å². The Labute approximate surface area is 180 Å². The zero-order valence-electron chi connectivity index (χ0n) is 15.2. The van der Waals surface area contributed by atoms with Crippen molar-refractivity contribution in [1.29, 1.82) is 5.26 Å². The van der Waals surface area contributed by atoms with Gasteiger partial charge in [-0.1, -0.05) is 35.9 Å². The Hall–Kier alpha value is -2.95. The Morgan fingerprint density at radius 2 is 2.03 bits per heavy atom. The highest BCUT2D eigenvalue weighted by Crippen LogP contribution is 2.32. The number of halogens is 3. The first-order valence-corrected chi connectivity index (χ1v) is 9.57. The van der Waals surface area contributed by atoms with E-state index in [0.717, 1.165) is 17.2 Å². The number of carbonyl (C=O) groups is 1. The third kappa shape index (κ3) is 4.56. The van der Waals surface area contributed by atoms with Crippen LogP contribution < -0.4 is 10.1 Å². The minimum absolute atomic E-state index is 0.122. The van der Waals surface area contributed by atoms with Crippen LogP contribution in [0.2, 0.25) is 5.02 Å². The lowest BCUT2D eigenvalue weighted by atomic mass is 10.0. The van der Waals surface area contributed by atoms with E-state index in [4.69, 9.17) is 16.3 Å². The largest absolute Gasteiger partial charge is 0.496 e. The maximum Gasteiger partial charge on any atom is 0.255 e. The first-order chi connectivity index (χ1) is 13.9. The summed E-state index contributed by atoms with van der Waals surface area (Å²) in [6, 6.07) is 13.0. The molecule has 0 bridgehead atoms. The fourth-order valence-electron chi connectivity index (χ4n) is 2.70. The number of hydrogen-bond donors (Lipinski definition) is 1. The summed E-state index contributed by atoms with van der Waals surface area (Å²) in [5.74, 6) is -0.672. The van der Waals surface area contributed by atoms with Crippen molar-refractivity contribution in [3.63, 3.8) is 0 Å². The minimum atomic E-state index is -0.519. The van der Waals surface area contributed by atoms with E-state index in [9.17, 15) is 14.4 Å². The van der Waals surface area contributed by atoms with Crippen LogP contribution in [-0.2, 0) is 6.54 Å². The maximum atomic E-state index is 13.5. The Balaban J connectivity index is 1.76. The first-order valence-electron chi connectivity index (χ1n) is 8.39. The number of ether oxygens (including phenoxy) is 1. The number of benzene rings is 2. The van der Waals surface area contributed by atoms with Gasteiger partial charge >= 0.3 is 0 Å². The third-order valence-corrected chi connectivity index (χ3v) is 5.39. The van der Waals surface area contributed by atoms with Crippen LogP contribution in [0.5, 0.6) is 5.75 Å². The second-order valence-electron chi connectivity index (χ2n) is 5.98. The summed E-state index contributed by atoms with van der Waals surface area (Å²) in [5.41, 5.74) is 2.41. The van der Waals surface area contributed by atoms with Crippen molar-refractivity contribution in [2.75, 3.05) is 7.11 Å². The van der Waals surface area contributed by atoms with Crippen LogP contribution in [0.3, 0.4) is 0 Å². The second kappa shape index (κ2) is 9.03. The molecule has 3 rings (SSSR count). The molecule has 0 radical (unpaired) electrons. The summed E-state index contributed by atoms with van der Waals surface area (Å²) in [6.07, 6.45) is 1.54. The van der Waals surface area contributed by atoms with Crippen LogP contribution in [0.15, 0.2) is 53.1 Å². The number of carbonyl (C=O) groups excluding carboxylic acids is 1. The average Bonchev–Trinajstić information content (AvgIpc) is 2.74. The standard InChI is InChI=1S/C21H14BrClFN3O2/c1-29-18-7-6-14(24)8-15(18)21(28)27-10-12-2-4-13(5-3-12)20-16(9-25)19(23)17(22)11-26-20/h2-8,11H,10H2,1H3,(H,27,28). The molecule has 1 aromatic heterocycles. The lowest BCUT2D eigenvalue weighted by molar-refractivity contribution is 0.0947. The molecular weight excluding hydrogens is 461 g/mol. The maximum absolute atomic E-state index is 13.5. The quantitative estimate of drug-likeness (QED) is 0.557. The average molecular weight is 475 g/mol. The van der Waals surface area contributed by atoms with E-state index in [0.29, 0.717) is 20.9 Å². The zero-order chi connectivity index (χ0) is 21.0. The number of nitriles is 1. The van der Waals surface area contributed by atoms with Gasteiger partial charge < -0.3 is 10.1 Å². The number of rotatable bonds is 5. The van der Waals surface area contributed by atoms with E-state index in [2.05, 4.69) is 32.3 Å². The molecule has 1 heterocycles. The van der Waals surface area contributed by atoms with Crippen LogP contribution in [0.4, 0.5) is 4.39 Å². The molecule has 0 aliphatic rings. The summed E-state index contributed by atoms with van der Waals surface area (Å²) < 4.78 is 19.1. The highest BCUT2D eigenvalue weighted by molar-refractivity contribution is 9.10. The van der Waals surface area contributed by atoms with Gasteiger partial charge in [-0.3, -0.25) is 9.78 Å². The molecule has 29 heavy (non-hydrogen) atoms. The fourth-order valence-corrected chi connectivity index (χ4v) is 3.18. The van der Waals surface area contributed by atoms with Crippen LogP contribution in [-0.4, -0.2) is 18.0 Å². The fraction of sp³-hybridized carbons (Fsp3) is 0.0952. The molecule has 0 saturated carbocycles. The van der Waals surface area contributed by atoms with Crippen molar-refractivity contribution in [3.8, 4) is 23.1 Å². The normalized spacial score (nSPS) is 10.3. The SMILES string of the molecule is COc1ccc(F)cc1C(=O)NCc1ccc(-c2ncc(Br)c(Cl)c2C#N)cc1. The van der Waals surface area contributed by atoms with Crippen molar-refractivity contribution in [3.05, 3.63) is 80.7 Å². The molecule has 8 heteroatoms. The van der Waals surface area contributed by atoms with Gasteiger partial charge in [-0.15, -0.1) is 0 Å². The summed E-state index contributed by atoms with van der Waals surface area (Å²) in [7, 11) is 1.42. The molecule has 0 saturated heterocycles. The molecule has 0 unspecified atom stereocenters. The van der Waals surface area contributed by atoms with Crippen molar-refractivity contribution >= 4 is 33.4 Å². The van der Waals surface area contributed by atoms with Crippen molar-refractivity contribution in [1.82, 2.24) is 10.3 Å². The molecule has 2 aromatic carbocycles. The Bertz CT molecular complexity index is 1110. The number of pyridine rings is 1. The van der Waals surface area contributed by atoms with Crippen molar-refractivity contribution in [2.45, 2.75) is 6.54 Å².